The quantitative estimate of drug-likeness (QED) is 0.622. The highest BCUT2D eigenvalue weighted by Gasteiger charge is 2.24. The normalized spacial score (nSPS) is 20.1. The number of rotatable bonds is 3. The molecule has 1 unspecified atom stereocenters. The fourth-order valence-electron chi connectivity index (χ4n) is 2.19. The standard InChI is InChI=1S/C13H18N2O/c1-16-10-11-7-8-15(9-11)13(14)12-5-3-2-4-6-12/h2-6,11,14H,7-10H2,1H3. The monoisotopic (exact) mass is 218 g/mol. The van der Waals surface area contributed by atoms with Gasteiger partial charge in [0.2, 0.25) is 0 Å². The smallest absolute Gasteiger partial charge is 0.128 e. The fourth-order valence-corrected chi connectivity index (χ4v) is 2.19. The van der Waals surface area contributed by atoms with Crippen molar-refractivity contribution in [2.24, 2.45) is 5.92 Å². The SMILES string of the molecule is COCC1CCN(C(=N)c2ccccc2)C1. The minimum absolute atomic E-state index is 0.578. The second-order valence-electron chi connectivity index (χ2n) is 4.27. The van der Waals surface area contributed by atoms with Gasteiger partial charge < -0.3 is 9.64 Å². The van der Waals surface area contributed by atoms with Crippen molar-refractivity contribution in [2.75, 3.05) is 26.8 Å². The number of methoxy groups -OCH3 is 1. The average molecular weight is 218 g/mol. The Morgan fingerprint density at radius 2 is 2.19 bits per heavy atom. The van der Waals surface area contributed by atoms with Crippen LogP contribution in [0.15, 0.2) is 30.3 Å². The van der Waals surface area contributed by atoms with Crippen LogP contribution in [0.5, 0.6) is 0 Å². The lowest BCUT2D eigenvalue weighted by atomic mass is 10.1. The molecule has 0 bridgehead atoms. The number of nitrogens with zero attached hydrogens (tertiary/aromatic N) is 1. The fraction of sp³-hybridized carbons (Fsp3) is 0.462. The molecule has 0 spiro atoms. The molecule has 16 heavy (non-hydrogen) atoms. The van der Waals surface area contributed by atoms with E-state index in [9.17, 15) is 0 Å². The highest BCUT2D eigenvalue weighted by atomic mass is 16.5. The van der Waals surface area contributed by atoms with Crippen LogP contribution in [0.2, 0.25) is 0 Å². The van der Waals surface area contributed by atoms with Crippen LogP contribution in [0.3, 0.4) is 0 Å². The van der Waals surface area contributed by atoms with E-state index in [4.69, 9.17) is 10.1 Å². The number of nitrogens with one attached hydrogen (secondary N) is 1. The van der Waals surface area contributed by atoms with Gasteiger partial charge in [-0.2, -0.15) is 0 Å². The van der Waals surface area contributed by atoms with E-state index in [0.717, 1.165) is 31.7 Å². The maximum Gasteiger partial charge on any atom is 0.128 e. The summed E-state index contributed by atoms with van der Waals surface area (Å²) in [6.45, 7) is 2.72. The first-order valence-electron chi connectivity index (χ1n) is 5.69. The Morgan fingerprint density at radius 1 is 1.44 bits per heavy atom. The van der Waals surface area contributed by atoms with Crippen molar-refractivity contribution in [1.29, 1.82) is 5.41 Å². The minimum Gasteiger partial charge on any atom is -0.384 e. The summed E-state index contributed by atoms with van der Waals surface area (Å²) in [4.78, 5) is 2.14. The van der Waals surface area contributed by atoms with Gasteiger partial charge in [0.25, 0.3) is 0 Å². The molecule has 86 valence electrons. The summed E-state index contributed by atoms with van der Waals surface area (Å²) in [5, 5.41) is 8.13. The molecule has 1 aromatic rings. The second kappa shape index (κ2) is 5.12. The Morgan fingerprint density at radius 3 is 2.88 bits per heavy atom. The van der Waals surface area contributed by atoms with E-state index in [1.165, 1.54) is 0 Å². The maximum atomic E-state index is 8.13. The number of benzene rings is 1. The van der Waals surface area contributed by atoms with Gasteiger partial charge >= 0.3 is 0 Å². The van der Waals surface area contributed by atoms with Crippen LogP contribution in [0, 0.1) is 11.3 Å². The Hall–Kier alpha value is -1.35. The molecule has 2 rings (SSSR count). The third-order valence-electron chi connectivity index (χ3n) is 3.05. The number of ether oxygens (including phenoxy) is 1. The molecule has 0 aromatic heterocycles. The largest absolute Gasteiger partial charge is 0.384 e. The van der Waals surface area contributed by atoms with Gasteiger partial charge in [0.15, 0.2) is 0 Å². The molecule has 1 aliphatic heterocycles. The molecule has 3 nitrogen and oxygen atoms in total. The lowest BCUT2D eigenvalue weighted by Crippen LogP contribution is -2.29. The van der Waals surface area contributed by atoms with E-state index >= 15 is 0 Å². The highest BCUT2D eigenvalue weighted by molar-refractivity contribution is 5.96. The second-order valence-corrected chi connectivity index (χ2v) is 4.27. The summed E-state index contributed by atoms with van der Waals surface area (Å²) >= 11 is 0. The van der Waals surface area contributed by atoms with E-state index in [1.807, 2.05) is 30.3 Å². The molecule has 1 fully saturated rings. The van der Waals surface area contributed by atoms with Gasteiger partial charge in [-0.05, 0) is 6.42 Å². The van der Waals surface area contributed by atoms with E-state index in [0.29, 0.717) is 11.8 Å². The molecule has 3 heteroatoms. The summed E-state index contributed by atoms with van der Waals surface area (Å²) in [6, 6.07) is 9.92. The zero-order valence-corrected chi connectivity index (χ0v) is 9.65. The lowest BCUT2D eigenvalue weighted by Gasteiger charge is -2.19. The summed E-state index contributed by atoms with van der Waals surface area (Å²) in [6.07, 6.45) is 1.13. The molecule has 1 atom stereocenters. The maximum absolute atomic E-state index is 8.13. The zero-order chi connectivity index (χ0) is 11.4. The van der Waals surface area contributed by atoms with Gasteiger partial charge in [0.05, 0.1) is 6.61 Å². The Kier molecular flexibility index (Phi) is 3.57. The van der Waals surface area contributed by atoms with Gasteiger partial charge in [0, 0.05) is 31.7 Å². The molecule has 0 aliphatic carbocycles. The molecule has 0 radical (unpaired) electrons. The number of likely N-dealkylation sites (tertiary alicyclic amines) is 1. The first-order valence-corrected chi connectivity index (χ1v) is 5.69. The summed E-state index contributed by atoms with van der Waals surface area (Å²) < 4.78 is 5.16. The van der Waals surface area contributed by atoms with Crippen LogP contribution in [0.4, 0.5) is 0 Å². The third kappa shape index (κ3) is 2.42. The lowest BCUT2D eigenvalue weighted by molar-refractivity contribution is 0.157. The third-order valence-corrected chi connectivity index (χ3v) is 3.05. The first kappa shape index (κ1) is 11.1. The van der Waals surface area contributed by atoms with Crippen LogP contribution in [-0.2, 0) is 4.74 Å². The van der Waals surface area contributed by atoms with Crippen molar-refractivity contribution in [3.63, 3.8) is 0 Å². The van der Waals surface area contributed by atoms with Crippen LogP contribution in [-0.4, -0.2) is 37.5 Å². The van der Waals surface area contributed by atoms with Crippen molar-refractivity contribution >= 4 is 5.84 Å². The first-order chi connectivity index (χ1) is 7.81. The summed E-state index contributed by atoms with van der Waals surface area (Å²) in [5.41, 5.74) is 1.00. The zero-order valence-electron chi connectivity index (χ0n) is 9.65. The molecule has 1 aliphatic rings. The van der Waals surface area contributed by atoms with Crippen molar-refractivity contribution in [1.82, 2.24) is 4.90 Å². The molecule has 1 aromatic carbocycles. The highest BCUT2D eigenvalue weighted by Crippen LogP contribution is 2.18. The van der Waals surface area contributed by atoms with E-state index in [2.05, 4.69) is 4.90 Å². The summed E-state index contributed by atoms with van der Waals surface area (Å²) in [5.74, 6) is 1.22. The predicted molar refractivity (Wildman–Crippen MR) is 64.8 cm³/mol. The van der Waals surface area contributed by atoms with Crippen LogP contribution < -0.4 is 0 Å². The Labute approximate surface area is 96.5 Å². The minimum atomic E-state index is 0.578. The number of hydrogen-bond acceptors (Lipinski definition) is 2. The van der Waals surface area contributed by atoms with E-state index in [-0.39, 0.29) is 0 Å². The van der Waals surface area contributed by atoms with E-state index in [1.54, 1.807) is 7.11 Å². The topological polar surface area (TPSA) is 36.3 Å². The Balaban J connectivity index is 1.97. The number of hydrogen-bond donors (Lipinski definition) is 1. The molecule has 0 amide bonds. The molecule has 1 heterocycles. The van der Waals surface area contributed by atoms with Gasteiger partial charge in [-0.3, -0.25) is 5.41 Å². The van der Waals surface area contributed by atoms with Gasteiger partial charge in [-0.25, -0.2) is 0 Å². The van der Waals surface area contributed by atoms with Gasteiger partial charge in [-0.1, -0.05) is 30.3 Å². The number of amidine groups is 1. The molecular formula is C13H18N2O. The average Bonchev–Trinajstić information content (AvgIpc) is 2.78. The molecule has 0 saturated carbocycles. The molecule has 1 saturated heterocycles. The predicted octanol–water partition coefficient (Wildman–Crippen LogP) is 1.98. The van der Waals surface area contributed by atoms with Crippen LogP contribution in [0.25, 0.3) is 0 Å². The van der Waals surface area contributed by atoms with Crippen LogP contribution in [0.1, 0.15) is 12.0 Å². The molecule has 1 N–H and O–H groups in total. The van der Waals surface area contributed by atoms with Crippen molar-refractivity contribution in [3.05, 3.63) is 35.9 Å². The Bertz CT molecular complexity index is 350. The van der Waals surface area contributed by atoms with E-state index < -0.39 is 0 Å². The summed E-state index contributed by atoms with van der Waals surface area (Å²) in [7, 11) is 1.74. The van der Waals surface area contributed by atoms with Gasteiger partial charge in [0.1, 0.15) is 5.84 Å². The van der Waals surface area contributed by atoms with Crippen molar-refractivity contribution in [2.45, 2.75) is 6.42 Å². The van der Waals surface area contributed by atoms with Crippen molar-refractivity contribution in [3.8, 4) is 0 Å². The van der Waals surface area contributed by atoms with Crippen LogP contribution >= 0.6 is 0 Å². The molecular weight excluding hydrogens is 200 g/mol. The van der Waals surface area contributed by atoms with Crippen molar-refractivity contribution < 1.29 is 4.74 Å². The van der Waals surface area contributed by atoms with Gasteiger partial charge in [-0.15, -0.1) is 0 Å².